The average molecular weight is 369 g/mol. The van der Waals surface area contributed by atoms with Gasteiger partial charge in [-0.25, -0.2) is 4.68 Å². The predicted octanol–water partition coefficient (Wildman–Crippen LogP) is 4.67. The third-order valence-corrected chi connectivity index (χ3v) is 4.51. The number of benzene rings is 2. The second-order valence-corrected chi connectivity index (χ2v) is 6.50. The minimum absolute atomic E-state index is 0.355. The molecule has 0 saturated heterocycles. The standard InChI is InChI=1S/C20H23N3O2S/c1-4-22(13-16-9-7-8-15(2)12-16)14-23-20(26)25-19(21-23)17-10-5-6-11-18(17)24-3/h5-12H,4,13-14H2,1-3H3. The Morgan fingerprint density at radius 1 is 1.19 bits per heavy atom. The van der Waals surface area contributed by atoms with Crippen LogP contribution >= 0.6 is 12.2 Å². The van der Waals surface area contributed by atoms with Gasteiger partial charge in [-0.05, 0) is 43.4 Å². The molecular formula is C20H23N3O2S. The Morgan fingerprint density at radius 3 is 2.73 bits per heavy atom. The van der Waals surface area contributed by atoms with Gasteiger partial charge in [0.05, 0.1) is 19.3 Å². The van der Waals surface area contributed by atoms with Gasteiger partial charge in [-0.1, -0.05) is 48.9 Å². The monoisotopic (exact) mass is 369 g/mol. The summed E-state index contributed by atoms with van der Waals surface area (Å²) in [6.07, 6.45) is 0. The van der Waals surface area contributed by atoms with Crippen LogP contribution in [0.2, 0.25) is 0 Å². The number of aromatic nitrogens is 2. The first kappa shape index (κ1) is 18.4. The molecule has 0 aliphatic heterocycles. The molecule has 0 N–H and O–H groups in total. The fourth-order valence-corrected chi connectivity index (χ4v) is 3.02. The van der Waals surface area contributed by atoms with Gasteiger partial charge in [0, 0.05) is 6.54 Å². The van der Waals surface area contributed by atoms with Crippen LogP contribution < -0.4 is 4.74 Å². The van der Waals surface area contributed by atoms with Crippen LogP contribution in [0, 0.1) is 11.8 Å². The number of nitrogens with zero attached hydrogens (tertiary/aromatic N) is 3. The highest BCUT2D eigenvalue weighted by atomic mass is 32.1. The van der Waals surface area contributed by atoms with Crippen molar-refractivity contribution in [1.82, 2.24) is 14.7 Å². The maximum Gasteiger partial charge on any atom is 0.288 e. The van der Waals surface area contributed by atoms with Crippen LogP contribution in [0.3, 0.4) is 0 Å². The van der Waals surface area contributed by atoms with E-state index in [1.165, 1.54) is 11.1 Å². The Kier molecular flexibility index (Phi) is 5.85. The normalized spacial score (nSPS) is 11.1. The summed E-state index contributed by atoms with van der Waals surface area (Å²) >= 11 is 5.37. The van der Waals surface area contributed by atoms with Crippen LogP contribution in [-0.2, 0) is 13.2 Å². The highest BCUT2D eigenvalue weighted by molar-refractivity contribution is 7.71. The van der Waals surface area contributed by atoms with E-state index < -0.39 is 0 Å². The molecule has 0 spiro atoms. The van der Waals surface area contributed by atoms with Gasteiger partial charge in [-0.2, -0.15) is 0 Å². The maximum absolute atomic E-state index is 5.72. The van der Waals surface area contributed by atoms with Gasteiger partial charge in [-0.15, -0.1) is 5.10 Å². The highest BCUT2D eigenvalue weighted by Gasteiger charge is 2.14. The summed E-state index contributed by atoms with van der Waals surface area (Å²) in [7, 11) is 1.63. The molecule has 0 aliphatic carbocycles. The first-order chi connectivity index (χ1) is 12.6. The SMILES string of the molecule is CCN(Cc1cccc(C)c1)Cn1nc(-c2ccccc2OC)oc1=S. The molecule has 6 heteroatoms. The van der Waals surface area contributed by atoms with E-state index in [0.717, 1.165) is 18.7 Å². The van der Waals surface area contributed by atoms with Crippen LogP contribution in [-0.4, -0.2) is 28.3 Å². The molecule has 0 radical (unpaired) electrons. The van der Waals surface area contributed by atoms with Crippen molar-refractivity contribution in [2.75, 3.05) is 13.7 Å². The lowest BCUT2D eigenvalue weighted by atomic mass is 10.1. The van der Waals surface area contributed by atoms with E-state index in [1.807, 2.05) is 24.3 Å². The summed E-state index contributed by atoms with van der Waals surface area (Å²) < 4.78 is 12.8. The summed E-state index contributed by atoms with van der Waals surface area (Å²) in [5.41, 5.74) is 3.32. The lowest BCUT2D eigenvalue weighted by Crippen LogP contribution is -2.26. The van der Waals surface area contributed by atoms with Crippen molar-refractivity contribution >= 4 is 12.2 Å². The van der Waals surface area contributed by atoms with E-state index in [2.05, 4.69) is 48.1 Å². The molecule has 3 aromatic rings. The van der Waals surface area contributed by atoms with Crippen molar-refractivity contribution in [3.8, 4) is 17.2 Å². The number of methoxy groups -OCH3 is 1. The lowest BCUT2D eigenvalue weighted by Gasteiger charge is -2.20. The van der Waals surface area contributed by atoms with Crippen LogP contribution in [0.4, 0.5) is 0 Å². The quantitative estimate of drug-likeness (QED) is 0.566. The zero-order chi connectivity index (χ0) is 18.5. The fraction of sp³-hybridized carbons (Fsp3) is 0.300. The third kappa shape index (κ3) is 4.20. The summed E-state index contributed by atoms with van der Waals surface area (Å²) in [4.78, 5) is 2.62. The topological polar surface area (TPSA) is 43.4 Å². The van der Waals surface area contributed by atoms with Gasteiger partial charge >= 0.3 is 0 Å². The fourth-order valence-electron chi connectivity index (χ4n) is 2.85. The van der Waals surface area contributed by atoms with Crippen molar-refractivity contribution < 1.29 is 9.15 Å². The first-order valence-electron chi connectivity index (χ1n) is 8.60. The van der Waals surface area contributed by atoms with Crippen molar-refractivity contribution in [2.45, 2.75) is 27.1 Å². The summed E-state index contributed by atoms with van der Waals surface area (Å²) in [6, 6.07) is 16.1. The Balaban J connectivity index is 1.81. The lowest BCUT2D eigenvalue weighted by molar-refractivity contribution is 0.205. The average Bonchev–Trinajstić information content (AvgIpc) is 3.01. The predicted molar refractivity (Wildman–Crippen MR) is 105 cm³/mol. The molecule has 0 fully saturated rings. The van der Waals surface area contributed by atoms with Gasteiger partial charge in [0.15, 0.2) is 0 Å². The third-order valence-electron chi connectivity index (χ3n) is 4.21. The molecule has 2 aromatic carbocycles. The molecule has 0 bridgehead atoms. The van der Waals surface area contributed by atoms with E-state index in [4.69, 9.17) is 21.4 Å². The van der Waals surface area contributed by atoms with E-state index in [-0.39, 0.29) is 0 Å². The Labute approximate surface area is 158 Å². The van der Waals surface area contributed by atoms with Gasteiger partial charge in [-0.3, -0.25) is 4.90 Å². The molecule has 1 heterocycles. The van der Waals surface area contributed by atoms with E-state index in [9.17, 15) is 0 Å². The number of hydrogen-bond donors (Lipinski definition) is 0. The molecule has 0 atom stereocenters. The molecule has 0 saturated carbocycles. The molecule has 0 aliphatic rings. The molecular weight excluding hydrogens is 346 g/mol. The minimum Gasteiger partial charge on any atom is -0.496 e. The number of rotatable bonds is 7. The molecule has 136 valence electrons. The summed E-state index contributed by atoms with van der Waals surface area (Å²) in [5.74, 6) is 1.18. The second kappa shape index (κ2) is 8.29. The largest absolute Gasteiger partial charge is 0.496 e. The van der Waals surface area contributed by atoms with Gasteiger partial charge in [0.25, 0.3) is 10.7 Å². The maximum atomic E-state index is 5.72. The van der Waals surface area contributed by atoms with E-state index in [1.54, 1.807) is 11.8 Å². The second-order valence-electron chi connectivity index (χ2n) is 6.15. The molecule has 0 amide bonds. The van der Waals surface area contributed by atoms with Crippen molar-refractivity contribution in [3.63, 3.8) is 0 Å². The zero-order valence-electron chi connectivity index (χ0n) is 15.3. The highest BCUT2D eigenvalue weighted by Crippen LogP contribution is 2.28. The van der Waals surface area contributed by atoms with Gasteiger partial charge in [0.2, 0.25) is 0 Å². The van der Waals surface area contributed by atoms with E-state index >= 15 is 0 Å². The van der Waals surface area contributed by atoms with Crippen molar-refractivity contribution in [3.05, 3.63) is 64.5 Å². The minimum atomic E-state index is 0.355. The molecule has 26 heavy (non-hydrogen) atoms. The molecule has 1 aromatic heterocycles. The number of aryl methyl sites for hydroxylation is 1. The van der Waals surface area contributed by atoms with Crippen molar-refractivity contribution in [2.24, 2.45) is 0 Å². The van der Waals surface area contributed by atoms with Crippen LogP contribution in [0.25, 0.3) is 11.5 Å². The van der Waals surface area contributed by atoms with Gasteiger partial charge in [0.1, 0.15) is 5.75 Å². The van der Waals surface area contributed by atoms with Gasteiger partial charge < -0.3 is 9.15 Å². The molecule has 5 nitrogen and oxygen atoms in total. The molecule has 0 unspecified atom stereocenters. The number of hydrogen-bond acceptors (Lipinski definition) is 5. The summed E-state index contributed by atoms with van der Waals surface area (Å²) in [5, 5.41) is 4.56. The van der Waals surface area contributed by atoms with Crippen LogP contribution in [0.1, 0.15) is 18.1 Å². The zero-order valence-corrected chi connectivity index (χ0v) is 16.1. The number of para-hydroxylation sites is 1. The first-order valence-corrected chi connectivity index (χ1v) is 9.00. The Hall–Kier alpha value is -2.44. The molecule has 3 rings (SSSR count). The smallest absolute Gasteiger partial charge is 0.288 e. The Bertz CT molecular complexity index is 933. The van der Waals surface area contributed by atoms with Crippen LogP contribution in [0.5, 0.6) is 5.75 Å². The number of ether oxygens (including phenoxy) is 1. The summed E-state index contributed by atoms with van der Waals surface area (Å²) in [6.45, 7) is 6.51. The van der Waals surface area contributed by atoms with Crippen molar-refractivity contribution in [1.29, 1.82) is 0 Å². The van der Waals surface area contributed by atoms with E-state index in [0.29, 0.717) is 23.1 Å². The Morgan fingerprint density at radius 2 is 2.00 bits per heavy atom. The van der Waals surface area contributed by atoms with Crippen LogP contribution in [0.15, 0.2) is 52.9 Å².